The number of anilines is 3. The minimum atomic E-state index is -0.117. The normalized spacial score (nSPS) is 15.4. The van der Waals surface area contributed by atoms with Crippen LogP contribution in [0.5, 0.6) is 0 Å². The van der Waals surface area contributed by atoms with Gasteiger partial charge in [0.25, 0.3) is 0 Å². The number of hydrogen-bond donors (Lipinski definition) is 0. The van der Waals surface area contributed by atoms with Crippen molar-refractivity contribution in [3.63, 3.8) is 0 Å². The zero-order valence-corrected chi connectivity index (χ0v) is 34.0. The second kappa shape index (κ2) is 14.5. The van der Waals surface area contributed by atoms with Crippen LogP contribution in [0, 0.1) is 0 Å². The first-order valence-electron chi connectivity index (χ1n) is 21.6. The third-order valence-electron chi connectivity index (χ3n) is 12.5. The number of allylic oxidation sites excluding steroid dienone is 2. The van der Waals surface area contributed by atoms with Crippen molar-refractivity contribution < 1.29 is 2.74 Å². The summed E-state index contributed by atoms with van der Waals surface area (Å²) < 4.78 is 18.3. The molecule has 0 heterocycles. The molecule has 0 unspecified atom stereocenters. The standard InChI is InChI=1S/C58H47N/c1-57(2)53-18-12-11-17-51(53)55-56(57)52-38-31-47(39-54(52)58(55,3)4)46-25-21-40(22-26-46)19-20-41-23-32-48(33-24-41)59(49-34-27-44(28-35-49)42-13-7-5-8-14-42)50-36-29-45(30-37-50)43-15-9-6-10-16-43/h5-39H,1-4H3/b20-19+/i19D,20D. The number of rotatable bonds is 8. The van der Waals surface area contributed by atoms with Crippen molar-refractivity contribution in [3.8, 4) is 33.4 Å². The van der Waals surface area contributed by atoms with Gasteiger partial charge in [-0.1, -0.05) is 198 Å². The summed E-state index contributed by atoms with van der Waals surface area (Å²) in [4.78, 5) is 2.24. The highest BCUT2D eigenvalue weighted by Crippen LogP contribution is 2.62. The molecule has 10 rings (SSSR count). The molecule has 0 saturated carbocycles. The van der Waals surface area contributed by atoms with Crippen LogP contribution in [0.3, 0.4) is 0 Å². The van der Waals surface area contributed by atoms with Crippen LogP contribution < -0.4 is 4.90 Å². The minimum Gasteiger partial charge on any atom is -0.311 e. The van der Waals surface area contributed by atoms with Crippen molar-refractivity contribution in [2.75, 3.05) is 4.90 Å². The maximum atomic E-state index is 9.14. The van der Waals surface area contributed by atoms with E-state index in [4.69, 9.17) is 2.74 Å². The molecule has 2 aliphatic carbocycles. The Morgan fingerprint density at radius 3 is 1.24 bits per heavy atom. The number of hydrogen-bond acceptors (Lipinski definition) is 1. The molecule has 1 heteroatoms. The topological polar surface area (TPSA) is 3.24 Å². The number of benzene rings is 8. The summed E-state index contributed by atoms with van der Waals surface area (Å²) >= 11 is 0. The molecule has 2 aliphatic rings. The van der Waals surface area contributed by atoms with Crippen LogP contribution >= 0.6 is 0 Å². The molecule has 0 atom stereocenters. The van der Waals surface area contributed by atoms with Crippen LogP contribution in [0.25, 0.3) is 56.6 Å². The van der Waals surface area contributed by atoms with Crippen molar-refractivity contribution in [1.82, 2.24) is 0 Å². The Bertz CT molecular complexity index is 2890. The molecule has 8 aromatic rings. The SMILES string of the molecule is [2H]/C(=C(/[2H])c1ccc(N(c2ccc(-c3ccccc3)cc2)c2ccc(-c3ccccc3)cc2)cc1)c1ccc(-c2ccc3c(c2)C(C)(C)C2=C3C(C)(C)c3ccccc32)cc1. The molecular formula is C58H47N. The van der Waals surface area contributed by atoms with Crippen LogP contribution in [0.15, 0.2) is 200 Å². The minimum absolute atomic E-state index is 0.0493. The molecule has 1 nitrogen and oxygen atoms in total. The monoisotopic (exact) mass is 759 g/mol. The first-order valence-corrected chi connectivity index (χ1v) is 20.6. The molecule has 0 spiro atoms. The molecule has 0 amide bonds. The van der Waals surface area contributed by atoms with E-state index in [1.54, 1.807) is 0 Å². The first kappa shape index (κ1) is 34.1. The summed E-state index contributed by atoms with van der Waals surface area (Å²) in [6, 6.07) is 70.6. The smallest absolute Gasteiger partial charge is 0.0629 e. The fourth-order valence-corrected chi connectivity index (χ4v) is 9.44. The van der Waals surface area contributed by atoms with Gasteiger partial charge in [-0.2, -0.15) is 0 Å². The zero-order valence-electron chi connectivity index (χ0n) is 36.0. The van der Waals surface area contributed by atoms with Gasteiger partial charge in [0.1, 0.15) is 0 Å². The highest BCUT2D eigenvalue weighted by atomic mass is 15.1. The Hall–Kier alpha value is -6.96. The van der Waals surface area contributed by atoms with E-state index in [1.807, 2.05) is 36.4 Å². The second-order valence-electron chi connectivity index (χ2n) is 16.8. The molecule has 59 heavy (non-hydrogen) atoms. The van der Waals surface area contributed by atoms with E-state index in [0.717, 1.165) is 44.9 Å². The van der Waals surface area contributed by atoms with Crippen molar-refractivity contribution in [2.45, 2.75) is 38.5 Å². The van der Waals surface area contributed by atoms with Gasteiger partial charge in [0.05, 0.1) is 2.74 Å². The van der Waals surface area contributed by atoms with E-state index in [-0.39, 0.29) is 22.9 Å². The van der Waals surface area contributed by atoms with Gasteiger partial charge in [-0.3, -0.25) is 0 Å². The largest absolute Gasteiger partial charge is 0.311 e. The second-order valence-corrected chi connectivity index (χ2v) is 16.8. The third kappa shape index (κ3) is 6.44. The summed E-state index contributed by atoms with van der Waals surface area (Å²) in [6.07, 6.45) is 0. The van der Waals surface area contributed by atoms with Crippen LogP contribution in [0.2, 0.25) is 0 Å². The average Bonchev–Trinajstić information content (AvgIpc) is 3.71. The molecular weight excluding hydrogens is 711 g/mol. The highest BCUT2D eigenvalue weighted by Gasteiger charge is 2.49. The van der Waals surface area contributed by atoms with Crippen LogP contribution in [-0.4, -0.2) is 0 Å². The van der Waals surface area contributed by atoms with E-state index in [0.29, 0.717) is 5.56 Å². The van der Waals surface area contributed by atoms with Gasteiger partial charge in [-0.15, -0.1) is 0 Å². The van der Waals surface area contributed by atoms with Gasteiger partial charge in [0.15, 0.2) is 0 Å². The number of nitrogens with zero attached hydrogens (tertiary/aromatic N) is 1. The predicted molar refractivity (Wildman–Crippen MR) is 252 cm³/mol. The van der Waals surface area contributed by atoms with Crippen molar-refractivity contribution >= 4 is 40.3 Å². The lowest BCUT2D eigenvalue weighted by atomic mass is 9.75. The summed E-state index contributed by atoms with van der Waals surface area (Å²) in [6.45, 7) is 9.45. The van der Waals surface area contributed by atoms with Crippen LogP contribution in [-0.2, 0) is 10.8 Å². The van der Waals surface area contributed by atoms with Gasteiger partial charge in [0.2, 0.25) is 0 Å². The van der Waals surface area contributed by atoms with E-state index in [2.05, 4.69) is 196 Å². The maximum absolute atomic E-state index is 9.14. The summed E-state index contributed by atoms with van der Waals surface area (Å²) in [7, 11) is 0. The quantitative estimate of drug-likeness (QED) is 0.139. The van der Waals surface area contributed by atoms with Gasteiger partial charge in [-0.05, 0) is 120 Å². The van der Waals surface area contributed by atoms with Gasteiger partial charge in [-0.25, -0.2) is 0 Å². The van der Waals surface area contributed by atoms with E-state index in [9.17, 15) is 0 Å². The van der Waals surface area contributed by atoms with E-state index >= 15 is 0 Å². The molecule has 8 aromatic carbocycles. The lowest BCUT2D eigenvalue weighted by Gasteiger charge is -2.28. The Kier molecular flexibility index (Phi) is 8.36. The molecule has 0 aromatic heterocycles. The lowest BCUT2D eigenvalue weighted by Crippen LogP contribution is -2.19. The van der Waals surface area contributed by atoms with Crippen LogP contribution in [0.1, 0.15) is 63.8 Å². The average molecular weight is 760 g/mol. The Morgan fingerprint density at radius 1 is 0.356 bits per heavy atom. The number of fused-ring (bicyclic) bond motifs is 4. The molecule has 0 saturated heterocycles. The molecule has 0 fully saturated rings. The highest BCUT2D eigenvalue weighted by molar-refractivity contribution is 6.09. The molecule has 0 N–H and O–H groups in total. The zero-order chi connectivity index (χ0) is 41.9. The van der Waals surface area contributed by atoms with Crippen LogP contribution in [0.4, 0.5) is 17.1 Å². The van der Waals surface area contributed by atoms with E-state index in [1.165, 1.54) is 44.5 Å². The van der Waals surface area contributed by atoms with E-state index < -0.39 is 0 Å². The Morgan fingerprint density at radius 2 is 0.712 bits per heavy atom. The molecule has 284 valence electrons. The molecule has 0 aliphatic heterocycles. The van der Waals surface area contributed by atoms with Gasteiger partial charge >= 0.3 is 0 Å². The van der Waals surface area contributed by atoms with Crippen molar-refractivity contribution in [3.05, 3.63) is 234 Å². The van der Waals surface area contributed by atoms with Crippen molar-refractivity contribution in [1.29, 1.82) is 0 Å². The summed E-state index contributed by atoms with van der Waals surface area (Å²) in [5.41, 5.74) is 19.7. The lowest BCUT2D eigenvalue weighted by molar-refractivity contribution is 0.694. The fraction of sp³-hybridized carbons (Fsp3) is 0.103. The van der Waals surface area contributed by atoms with Gasteiger partial charge in [0, 0.05) is 27.9 Å². The predicted octanol–water partition coefficient (Wildman–Crippen LogP) is 15.8. The Balaban J connectivity index is 0.923. The van der Waals surface area contributed by atoms with Crippen molar-refractivity contribution in [2.24, 2.45) is 0 Å². The maximum Gasteiger partial charge on any atom is 0.0629 e. The summed E-state index contributed by atoms with van der Waals surface area (Å²) in [5.74, 6) is 0. The first-order chi connectivity index (χ1) is 29.6. The van der Waals surface area contributed by atoms with Gasteiger partial charge < -0.3 is 4.90 Å². The molecule has 0 radical (unpaired) electrons. The summed E-state index contributed by atoms with van der Waals surface area (Å²) in [5, 5.41) is 0. The third-order valence-corrected chi connectivity index (χ3v) is 12.5. The molecule has 0 bridgehead atoms. The Labute approximate surface area is 352 Å². The fourth-order valence-electron chi connectivity index (χ4n) is 9.44.